The molecule has 650 valence electrons. The number of hydrogen-bond acceptors (Lipinski definition) is 18. The number of anilines is 2. The number of thioether (sulfide) groups is 2. The maximum absolute atomic E-state index is 11.6. The van der Waals surface area contributed by atoms with Gasteiger partial charge in [-0.15, -0.1) is 34.0 Å². The lowest BCUT2D eigenvalue weighted by atomic mass is 10.2. The number of para-hydroxylation sites is 3. The summed E-state index contributed by atoms with van der Waals surface area (Å²) >= 11 is 13.9. The van der Waals surface area contributed by atoms with Gasteiger partial charge in [0.25, 0.3) is 11.8 Å². The van der Waals surface area contributed by atoms with Crippen molar-refractivity contribution in [1.82, 2.24) is 25.0 Å². The first-order valence-corrected chi connectivity index (χ1v) is 47.4. The van der Waals surface area contributed by atoms with Crippen LogP contribution < -0.4 is 45.0 Å². The fraction of sp³-hybridized carbons (Fsp3) is 0.289. The Balaban J connectivity index is 0.000000172. The van der Waals surface area contributed by atoms with Crippen LogP contribution in [0.5, 0.6) is 0 Å². The summed E-state index contributed by atoms with van der Waals surface area (Å²) < 4.78 is 13.7. The number of imide groups is 1. The predicted octanol–water partition coefficient (Wildman–Crippen LogP) is 19.5. The molecule has 20 nitrogen and oxygen atoms in total. The number of alkyl halides is 1. The number of halogens is 2. The lowest BCUT2D eigenvalue weighted by Gasteiger charge is -2.13. The number of rotatable bonds is 30. The molecule has 3 N–H and O–H groups in total. The highest BCUT2D eigenvalue weighted by Gasteiger charge is 2.31. The number of nitrogens with zero attached hydrogens (tertiary/aromatic N) is 11. The molecule has 11 heterocycles. The third-order valence-electron chi connectivity index (χ3n) is 20.3. The van der Waals surface area contributed by atoms with Gasteiger partial charge in [-0.2, -0.15) is 9.63 Å². The Morgan fingerprint density at radius 2 is 0.848 bits per heavy atom. The van der Waals surface area contributed by atoms with Gasteiger partial charge in [-0.3, -0.25) is 33.8 Å². The van der Waals surface area contributed by atoms with Gasteiger partial charge < -0.3 is 42.1 Å². The number of fused-ring (bicyclic) bond motifs is 6. The molecule has 3 aliphatic heterocycles. The van der Waals surface area contributed by atoms with Crippen molar-refractivity contribution in [3.05, 3.63) is 264 Å². The minimum Gasteiger partial charge on any atom is -1.00 e. The largest absolute Gasteiger partial charge is 1.00 e. The Morgan fingerprint density at radius 1 is 0.456 bits per heavy atom. The minimum absolute atomic E-state index is 0. The zero-order valence-electron chi connectivity index (χ0n) is 69.9. The number of pyridine rings is 4. The van der Waals surface area contributed by atoms with Crippen LogP contribution in [0.2, 0.25) is 0 Å². The molecule has 0 radical (unpaired) electrons. The number of thiazole rings is 4. The van der Waals surface area contributed by atoms with E-state index >= 15 is 0 Å². The number of carboxylic acid groups (broad SMARTS) is 3. The smallest absolute Gasteiger partial charge is 0.303 e. The fourth-order valence-corrected chi connectivity index (χ4v) is 20.1. The van der Waals surface area contributed by atoms with E-state index in [1.165, 1.54) is 71.7 Å². The molecule has 14 aromatic rings. The summed E-state index contributed by atoms with van der Waals surface area (Å²) in [5, 5.41) is 34.2. The molecule has 0 spiro atoms. The molecule has 125 heavy (non-hydrogen) atoms. The van der Waals surface area contributed by atoms with Crippen LogP contribution in [0.15, 0.2) is 257 Å². The highest BCUT2D eigenvalue weighted by Crippen LogP contribution is 2.49. The van der Waals surface area contributed by atoms with Crippen LogP contribution in [0.4, 0.5) is 11.4 Å². The molecule has 0 bridgehead atoms. The average Bonchev–Trinajstić information content (AvgIpc) is 1.65. The van der Waals surface area contributed by atoms with Crippen LogP contribution >= 0.6 is 84.8 Å². The second-order valence-electron chi connectivity index (χ2n) is 29.5. The highest BCUT2D eigenvalue weighted by molar-refractivity contribution is 9.09. The number of aromatic nitrogens is 8. The summed E-state index contributed by atoms with van der Waals surface area (Å²) in [6.45, 7) is 5.40. The van der Waals surface area contributed by atoms with Crippen molar-refractivity contribution in [1.29, 1.82) is 0 Å². The van der Waals surface area contributed by atoms with E-state index in [-0.39, 0.29) is 55.5 Å². The summed E-state index contributed by atoms with van der Waals surface area (Å²) in [6, 6.07) is 65.0. The topological polar surface area (TPSA) is 232 Å². The van der Waals surface area contributed by atoms with Crippen LogP contribution in [0.1, 0.15) is 139 Å². The number of hydrogen-bond donors (Lipinski definition) is 3. The lowest BCUT2D eigenvalue weighted by molar-refractivity contribution is -0.697. The number of carboxylic acids is 3. The Morgan fingerprint density at radius 3 is 1.26 bits per heavy atom. The monoisotopic (exact) mass is 1920 g/mol. The molecule has 6 aromatic carbocycles. The van der Waals surface area contributed by atoms with Crippen LogP contribution in [-0.4, -0.2) is 96.1 Å². The van der Waals surface area contributed by atoms with E-state index in [0.717, 1.165) is 162 Å². The third kappa shape index (κ3) is 29.1. The first-order valence-electron chi connectivity index (χ1n) is 41.4. The van der Waals surface area contributed by atoms with Crippen LogP contribution in [0.3, 0.4) is 0 Å². The zero-order valence-corrected chi connectivity index (χ0v) is 77.9. The quantitative estimate of drug-likeness (QED) is 0.0164. The van der Waals surface area contributed by atoms with E-state index in [9.17, 15) is 24.0 Å². The number of carbonyl (C=O) groups is 5. The molecule has 0 aliphatic carbocycles. The summed E-state index contributed by atoms with van der Waals surface area (Å²) in [7, 11) is 6.35. The minimum atomic E-state index is -0.713. The van der Waals surface area contributed by atoms with Crippen molar-refractivity contribution in [3.63, 3.8) is 0 Å². The van der Waals surface area contributed by atoms with Gasteiger partial charge in [-0.05, 0) is 172 Å². The van der Waals surface area contributed by atoms with E-state index in [4.69, 9.17) is 35.1 Å². The fourth-order valence-electron chi connectivity index (χ4n) is 13.5. The first-order chi connectivity index (χ1) is 59.9. The van der Waals surface area contributed by atoms with E-state index in [1.54, 1.807) is 69.9 Å². The first kappa shape index (κ1) is 96.9. The number of unbranched alkanes of at least 4 members (excludes halogenated alkanes) is 9. The Bertz CT molecular complexity index is 5770. The zero-order chi connectivity index (χ0) is 86.2. The van der Waals surface area contributed by atoms with Crippen molar-refractivity contribution in [2.24, 2.45) is 7.05 Å². The van der Waals surface area contributed by atoms with E-state index in [1.807, 2.05) is 78.3 Å². The molecular formula is C97H106Br2N11O9S6+3. The van der Waals surface area contributed by atoms with Gasteiger partial charge in [-0.1, -0.05) is 120 Å². The Kier molecular flexibility index (Phi) is 38.9. The molecule has 1 saturated heterocycles. The number of aliphatic carboxylic acids is 3. The molecule has 28 heteroatoms. The molecule has 0 saturated carbocycles. The van der Waals surface area contributed by atoms with E-state index in [0.29, 0.717) is 19.4 Å². The maximum atomic E-state index is 11.6. The third-order valence-corrected chi connectivity index (χ3v) is 27.6. The van der Waals surface area contributed by atoms with Crippen LogP contribution in [-0.2, 0) is 55.5 Å². The van der Waals surface area contributed by atoms with Crippen LogP contribution in [0, 0.1) is 6.92 Å². The number of amides is 2. The number of benzene rings is 6. The predicted molar refractivity (Wildman–Crippen MR) is 509 cm³/mol. The second kappa shape index (κ2) is 50.2. The molecule has 8 aromatic heterocycles. The second-order valence-corrected chi connectivity index (χ2v) is 36.7. The summed E-state index contributed by atoms with van der Waals surface area (Å²) in [6.07, 6.45) is 34.2. The Labute approximate surface area is 774 Å². The number of hydroxylamine groups is 2. The summed E-state index contributed by atoms with van der Waals surface area (Å²) in [4.78, 5) is 84.4. The van der Waals surface area contributed by atoms with Crippen molar-refractivity contribution < 1.29 is 79.4 Å². The van der Waals surface area contributed by atoms with Gasteiger partial charge in [-0.25, -0.2) is 28.7 Å². The van der Waals surface area contributed by atoms with Gasteiger partial charge in [0.05, 0.1) is 58.7 Å². The molecule has 1 fully saturated rings. The van der Waals surface area contributed by atoms with Gasteiger partial charge in [0.15, 0.2) is 37.2 Å². The average molecular weight is 1920 g/mol. The standard InChI is InChI=1S/C31H31N4O3S2.C27H25N3O2S2.C16H13N2S2.C11H15NO2.C6H11BrO2.C5H5N.CH4.BrH/c1-33-25-11-10-23(31-32-24-8-4-5-9-26(24)40-31)21-27(25)39-30(33)20-22-14-17-34(18-15-22)16-6-2-3-7-19-38-35-28(36)12-13-29(35)37;1-29-22-11-10-20(27-28-21-7-4-5-8-23(21)34-27)18-24(22)33-25(29)17-19-12-15-30(16-13-19)14-6-2-3-9-26(31)32;1-10-18(2)13-8-7-11(9-15(13)19-10)16-17-12-5-3-4-6-14(12)20-16;13-11(14)7-3-1-4-8-12-9-5-2-6-10-12;7-5-3-1-2-4-6(8)9;1-2-4-6-5-3-1;;/h4-5,8-11,14-15,17-18,20-21H,2-3,6-7,12-13,16,19H2,1H3;4-5,7-8,10-13,15-18H,2-3,6,9,14H2,1H3;3-9H,1-2H3;2,5-6,9-10H,1,3-4,7-8H2;1-5H2,(H,8,9);1-5H;1H4;1H/q+1;;+1;;;;;/p+1. The van der Waals surface area contributed by atoms with Crippen molar-refractivity contribution in [3.8, 4) is 31.7 Å². The molecule has 2 amide bonds. The van der Waals surface area contributed by atoms with Gasteiger partial charge in [0, 0.05) is 159 Å². The Hall–Kier alpha value is -10.3. The molecule has 17 rings (SSSR count). The van der Waals surface area contributed by atoms with Gasteiger partial charge >= 0.3 is 17.9 Å². The SMILES string of the molecule is C.CN1C(=Cc2cc[n+](CCCCCC(=O)O)cc2)Sc2cc(-c3nc4ccccc4s3)ccc21.CN1C(=Cc2cc[n+](CCCCCCON3C(=O)CCC3=O)cc2)Sc2cc(-c3nc4ccccc4s3)ccc21.Cc1sc2cc(-c3nc4ccccc4s3)ccc2[n+]1C.O=C(O)CCCCCBr.O=C(O)CCCCC[n+]1ccccc1.[Br-].c1ccncc1. The van der Waals surface area contributed by atoms with Gasteiger partial charge in [0.2, 0.25) is 10.5 Å². The lowest BCUT2D eigenvalue weighted by Crippen LogP contribution is -3.00. The van der Waals surface area contributed by atoms with Crippen LogP contribution in [0.25, 0.3) is 84.7 Å². The van der Waals surface area contributed by atoms with Gasteiger partial charge in [0.1, 0.15) is 46.4 Å². The van der Waals surface area contributed by atoms with Crippen molar-refractivity contribution in [2.75, 3.05) is 35.8 Å². The number of carbonyl (C=O) groups excluding carboxylic acids is 2. The number of aryl methyl sites for hydroxylation is 5. The molecule has 0 atom stereocenters. The normalized spacial score (nSPS) is 13.0. The highest BCUT2D eigenvalue weighted by atomic mass is 79.9. The molecular weight excluding hydrogens is 1820 g/mol. The maximum Gasteiger partial charge on any atom is 0.303 e. The van der Waals surface area contributed by atoms with E-state index in [2.05, 4.69) is 247 Å². The van der Waals surface area contributed by atoms with Crippen molar-refractivity contribution in [2.45, 2.75) is 159 Å². The van der Waals surface area contributed by atoms with E-state index < -0.39 is 17.9 Å². The summed E-state index contributed by atoms with van der Waals surface area (Å²) in [5.74, 6) is -2.55. The van der Waals surface area contributed by atoms with Crippen molar-refractivity contribution >= 4 is 179 Å². The molecule has 0 unspecified atom stereocenters. The molecule has 3 aliphatic rings. The summed E-state index contributed by atoms with van der Waals surface area (Å²) in [5.41, 5.74) is 12.8.